The van der Waals surface area contributed by atoms with Gasteiger partial charge in [-0.15, -0.1) is 0 Å². The second-order valence-corrected chi connectivity index (χ2v) is 6.60. The number of nitrogens with one attached hydrogen (secondary N) is 1. The van der Waals surface area contributed by atoms with Crippen molar-refractivity contribution < 1.29 is 0 Å². The molecular weight excluding hydrogens is 230 g/mol. The fourth-order valence-electron chi connectivity index (χ4n) is 2.78. The molecule has 96 valence electrons. The minimum Gasteiger partial charge on any atom is -0.311 e. The molecule has 1 aromatic heterocycles. The summed E-state index contributed by atoms with van der Waals surface area (Å²) < 4.78 is 2.48. The van der Waals surface area contributed by atoms with Crippen LogP contribution in [0.4, 0.5) is 0 Å². The molecule has 0 aliphatic carbocycles. The molecule has 1 saturated heterocycles. The highest BCUT2D eigenvalue weighted by Gasteiger charge is 2.39. The maximum Gasteiger partial charge on any atom is 0.0635 e. The molecule has 0 aromatic carbocycles. The van der Waals surface area contributed by atoms with Crippen LogP contribution in [0, 0.1) is 0 Å². The maximum absolute atomic E-state index is 4.44. The van der Waals surface area contributed by atoms with Crippen molar-refractivity contribution in [1.29, 1.82) is 0 Å². The number of hydrogen-bond donors (Lipinski definition) is 1. The van der Waals surface area contributed by atoms with E-state index in [0.29, 0.717) is 10.8 Å². The topological polar surface area (TPSA) is 29.9 Å². The summed E-state index contributed by atoms with van der Waals surface area (Å²) >= 11 is 2.10. The highest BCUT2D eigenvalue weighted by Crippen LogP contribution is 2.46. The summed E-state index contributed by atoms with van der Waals surface area (Å²) in [7, 11) is 2.07. The molecule has 0 saturated carbocycles. The third kappa shape index (κ3) is 2.52. The molecule has 3 nitrogen and oxygen atoms in total. The highest BCUT2D eigenvalue weighted by molar-refractivity contribution is 8.00. The van der Waals surface area contributed by atoms with E-state index in [1.807, 2.05) is 6.20 Å². The Balaban J connectivity index is 2.25. The van der Waals surface area contributed by atoms with Crippen LogP contribution in [0.2, 0.25) is 0 Å². The molecule has 0 radical (unpaired) electrons. The first-order chi connectivity index (χ1) is 8.21. The van der Waals surface area contributed by atoms with Gasteiger partial charge in [0.1, 0.15) is 0 Å². The van der Waals surface area contributed by atoms with Gasteiger partial charge >= 0.3 is 0 Å². The van der Waals surface area contributed by atoms with Gasteiger partial charge in [-0.05, 0) is 45.1 Å². The normalized spacial score (nSPS) is 26.3. The molecule has 1 N–H and O–H groups in total. The maximum atomic E-state index is 4.44. The molecule has 1 aromatic rings. The average molecular weight is 253 g/mol. The summed E-state index contributed by atoms with van der Waals surface area (Å²) in [6.07, 6.45) is 5.69. The molecule has 0 bridgehead atoms. The summed E-state index contributed by atoms with van der Waals surface area (Å²) in [5.74, 6) is 1.29. The molecule has 2 unspecified atom stereocenters. The Kier molecular flexibility index (Phi) is 4.15. The van der Waals surface area contributed by atoms with E-state index in [0.717, 1.165) is 13.0 Å². The van der Waals surface area contributed by atoms with Gasteiger partial charge in [0.25, 0.3) is 0 Å². The first-order valence-corrected chi connectivity index (χ1v) is 7.53. The van der Waals surface area contributed by atoms with Gasteiger partial charge in [0.15, 0.2) is 0 Å². The number of aromatic nitrogens is 2. The quantitative estimate of drug-likeness (QED) is 0.875. The predicted molar refractivity (Wildman–Crippen MR) is 74.4 cm³/mol. The van der Waals surface area contributed by atoms with Crippen LogP contribution in [0.5, 0.6) is 0 Å². The number of nitrogens with zero attached hydrogens (tertiary/aromatic N) is 2. The van der Waals surface area contributed by atoms with Crippen LogP contribution >= 0.6 is 11.8 Å². The molecule has 2 atom stereocenters. The molecule has 0 spiro atoms. The smallest absolute Gasteiger partial charge is 0.0635 e. The van der Waals surface area contributed by atoms with Crippen molar-refractivity contribution in [3.8, 4) is 0 Å². The van der Waals surface area contributed by atoms with Crippen LogP contribution < -0.4 is 5.32 Å². The van der Waals surface area contributed by atoms with E-state index >= 15 is 0 Å². The molecule has 0 amide bonds. The largest absolute Gasteiger partial charge is 0.311 e. The zero-order valence-corrected chi connectivity index (χ0v) is 11.9. The summed E-state index contributed by atoms with van der Waals surface area (Å²) in [5, 5.41) is 7.95. The molecule has 4 heteroatoms. The lowest BCUT2D eigenvalue weighted by Crippen LogP contribution is -2.37. The molecule has 1 fully saturated rings. The zero-order chi connectivity index (χ0) is 12.3. The number of rotatable bonds is 5. The Hall–Kier alpha value is -0.480. The summed E-state index contributed by atoms with van der Waals surface area (Å²) in [6, 6.07) is 2.57. The Morgan fingerprint density at radius 2 is 2.47 bits per heavy atom. The van der Waals surface area contributed by atoms with Gasteiger partial charge < -0.3 is 5.32 Å². The van der Waals surface area contributed by atoms with Gasteiger partial charge in [0.05, 0.1) is 11.7 Å². The van der Waals surface area contributed by atoms with Gasteiger partial charge in [-0.1, -0.05) is 6.92 Å². The fraction of sp³-hybridized carbons (Fsp3) is 0.769. The van der Waals surface area contributed by atoms with Gasteiger partial charge in [0.2, 0.25) is 0 Å². The van der Waals surface area contributed by atoms with E-state index in [1.165, 1.54) is 24.3 Å². The Morgan fingerprint density at radius 1 is 1.65 bits per heavy atom. The van der Waals surface area contributed by atoms with E-state index in [4.69, 9.17) is 0 Å². The van der Waals surface area contributed by atoms with E-state index in [1.54, 1.807) is 0 Å². The predicted octanol–water partition coefficient (Wildman–Crippen LogP) is 2.84. The average Bonchev–Trinajstić information content (AvgIpc) is 2.91. The standard InChI is InChI=1S/C13H23N3S/c1-4-9-16-11(6-8-15-16)12(14-3)13(2)7-5-10-17-13/h6,8,12,14H,4-5,7,9-10H2,1-3H3. The molecule has 17 heavy (non-hydrogen) atoms. The molecular formula is C13H23N3S. The Morgan fingerprint density at radius 3 is 3.06 bits per heavy atom. The van der Waals surface area contributed by atoms with Gasteiger partial charge in [-0.3, -0.25) is 4.68 Å². The van der Waals surface area contributed by atoms with Crippen molar-refractivity contribution in [2.45, 2.75) is 50.4 Å². The third-order valence-corrected chi connectivity index (χ3v) is 5.22. The lowest BCUT2D eigenvalue weighted by atomic mass is 9.93. The van der Waals surface area contributed by atoms with Crippen LogP contribution in [0.15, 0.2) is 12.3 Å². The lowest BCUT2D eigenvalue weighted by Gasteiger charge is -2.33. The summed E-state index contributed by atoms with van der Waals surface area (Å²) in [4.78, 5) is 0. The first-order valence-electron chi connectivity index (χ1n) is 6.54. The van der Waals surface area contributed by atoms with Crippen molar-refractivity contribution in [1.82, 2.24) is 15.1 Å². The molecule has 2 heterocycles. The highest BCUT2D eigenvalue weighted by atomic mass is 32.2. The zero-order valence-electron chi connectivity index (χ0n) is 11.1. The summed E-state index contributed by atoms with van der Waals surface area (Å²) in [5.41, 5.74) is 1.34. The SMILES string of the molecule is CCCn1nccc1C(NC)C1(C)CCCS1. The second-order valence-electron chi connectivity index (χ2n) is 4.97. The van der Waals surface area contributed by atoms with Crippen molar-refractivity contribution in [2.24, 2.45) is 0 Å². The van der Waals surface area contributed by atoms with Crippen molar-refractivity contribution >= 4 is 11.8 Å². The van der Waals surface area contributed by atoms with Gasteiger partial charge in [0, 0.05) is 17.5 Å². The second kappa shape index (κ2) is 5.44. The Labute approximate surface area is 108 Å². The van der Waals surface area contributed by atoms with Crippen LogP contribution in [-0.2, 0) is 6.54 Å². The van der Waals surface area contributed by atoms with Crippen LogP contribution in [0.3, 0.4) is 0 Å². The monoisotopic (exact) mass is 253 g/mol. The van der Waals surface area contributed by atoms with E-state index in [-0.39, 0.29) is 0 Å². The number of hydrogen-bond acceptors (Lipinski definition) is 3. The van der Waals surface area contributed by atoms with Crippen LogP contribution in [0.25, 0.3) is 0 Å². The van der Waals surface area contributed by atoms with E-state index < -0.39 is 0 Å². The van der Waals surface area contributed by atoms with E-state index in [2.05, 4.69) is 53.8 Å². The van der Waals surface area contributed by atoms with Crippen molar-refractivity contribution in [2.75, 3.05) is 12.8 Å². The van der Waals surface area contributed by atoms with Crippen LogP contribution in [0.1, 0.15) is 44.8 Å². The third-order valence-electron chi connectivity index (χ3n) is 3.63. The Bertz CT molecular complexity index is 355. The molecule has 2 rings (SSSR count). The number of thioether (sulfide) groups is 1. The van der Waals surface area contributed by atoms with Crippen molar-refractivity contribution in [3.63, 3.8) is 0 Å². The molecule has 1 aliphatic heterocycles. The van der Waals surface area contributed by atoms with Gasteiger partial charge in [-0.25, -0.2) is 0 Å². The fourth-order valence-corrected chi connectivity index (χ4v) is 4.23. The molecule has 1 aliphatic rings. The van der Waals surface area contributed by atoms with Gasteiger partial charge in [-0.2, -0.15) is 16.9 Å². The minimum atomic E-state index is 0.320. The minimum absolute atomic E-state index is 0.320. The van der Waals surface area contributed by atoms with E-state index in [9.17, 15) is 0 Å². The lowest BCUT2D eigenvalue weighted by molar-refractivity contribution is 0.405. The summed E-state index contributed by atoms with van der Waals surface area (Å²) in [6.45, 7) is 5.60. The first kappa shape index (κ1) is 13.0. The number of aryl methyl sites for hydroxylation is 1. The van der Waals surface area contributed by atoms with Crippen LogP contribution in [-0.4, -0.2) is 27.3 Å². The van der Waals surface area contributed by atoms with Crippen molar-refractivity contribution in [3.05, 3.63) is 18.0 Å².